The van der Waals surface area contributed by atoms with E-state index in [1.165, 1.54) is 0 Å². The van der Waals surface area contributed by atoms with Crippen molar-refractivity contribution in [3.63, 3.8) is 0 Å². The number of nitrogens with one attached hydrogen (secondary N) is 1. The molecule has 3 N–H and O–H groups in total. The minimum Gasteiger partial charge on any atom is -0.384 e. The SMILES string of the molecule is CS(C)(=O)=Cc1ccc(C(=N)N)cc1. The van der Waals surface area contributed by atoms with Crippen molar-refractivity contribution in [2.75, 3.05) is 12.5 Å². The predicted octanol–water partition coefficient (Wildman–Crippen LogP) is 0.665. The molecule has 0 aliphatic heterocycles. The second-order valence-corrected chi connectivity index (χ2v) is 6.32. The molecule has 0 heterocycles. The lowest BCUT2D eigenvalue weighted by Gasteiger charge is -1.99. The molecule has 0 saturated heterocycles. The molecule has 0 aromatic heterocycles. The highest BCUT2D eigenvalue weighted by atomic mass is 32.2. The molecule has 0 unspecified atom stereocenters. The van der Waals surface area contributed by atoms with E-state index in [1.807, 2.05) is 12.1 Å². The van der Waals surface area contributed by atoms with Gasteiger partial charge in [-0.2, -0.15) is 0 Å². The summed E-state index contributed by atoms with van der Waals surface area (Å²) in [5.41, 5.74) is 6.88. The second kappa shape index (κ2) is 3.84. The van der Waals surface area contributed by atoms with Crippen LogP contribution in [0, 0.1) is 5.41 Å². The lowest BCUT2D eigenvalue weighted by molar-refractivity contribution is 0.688. The molecule has 76 valence electrons. The van der Waals surface area contributed by atoms with Crippen LogP contribution in [0.5, 0.6) is 0 Å². The van der Waals surface area contributed by atoms with Gasteiger partial charge in [0, 0.05) is 18.1 Å². The maximum absolute atomic E-state index is 11.5. The third-order valence-corrected chi connectivity index (χ3v) is 2.48. The van der Waals surface area contributed by atoms with Gasteiger partial charge in [0.05, 0.1) is 0 Å². The van der Waals surface area contributed by atoms with Crippen LogP contribution < -0.4 is 5.73 Å². The summed E-state index contributed by atoms with van der Waals surface area (Å²) in [5.74, 6) is 0.0466. The standard InChI is InChI=1S/C10H14N2OS/c1-14(2,13)7-8-3-5-9(6-4-8)10(11)12/h3-7H,1-2H3,(H3,11,12). The zero-order chi connectivity index (χ0) is 10.8. The maximum atomic E-state index is 11.5. The first-order valence-corrected chi connectivity index (χ1v) is 6.56. The zero-order valence-corrected chi connectivity index (χ0v) is 9.10. The smallest absolute Gasteiger partial charge is 0.122 e. The number of benzene rings is 1. The Bertz CT molecular complexity index is 446. The third-order valence-electron chi connectivity index (χ3n) is 1.64. The lowest BCUT2D eigenvalue weighted by Crippen LogP contribution is -2.10. The van der Waals surface area contributed by atoms with Crippen LogP contribution in [0.3, 0.4) is 0 Å². The Hall–Kier alpha value is -1.29. The Morgan fingerprint density at radius 2 is 1.86 bits per heavy atom. The van der Waals surface area contributed by atoms with E-state index in [1.54, 1.807) is 30.0 Å². The fourth-order valence-corrected chi connectivity index (χ4v) is 1.88. The molecule has 0 spiro atoms. The van der Waals surface area contributed by atoms with Crippen molar-refractivity contribution in [1.29, 1.82) is 5.41 Å². The molecule has 0 atom stereocenters. The van der Waals surface area contributed by atoms with Crippen LogP contribution in [0.1, 0.15) is 11.1 Å². The van der Waals surface area contributed by atoms with Crippen LogP contribution in [-0.2, 0) is 9.52 Å². The van der Waals surface area contributed by atoms with E-state index in [-0.39, 0.29) is 5.84 Å². The first-order chi connectivity index (χ1) is 6.38. The topological polar surface area (TPSA) is 66.9 Å². The maximum Gasteiger partial charge on any atom is 0.122 e. The van der Waals surface area contributed by atoms with Crippen LogP contribution in [-0.4, -0.2) is 27.9 Å². The zero-order valence-electron chi connectivity index (χ0n) is 8.28. The van der Waals surface area contributed by atoms with Crippen molar-refractivity contribution >= 4 is 20.7 Å². The van der Waals surface area contributed by atoms with E-state index in [9.17, 15) is 4.21 Å². The Labute approximate surface area is 84.5 Å². The molecule has 3 nitrogen and oxygen atoms in total. The molecule has 0 radical (unpaired) electrons. The van der Waals surface area contributed by atoms with Gasteiger partial charge in [0.25, 0.3) is 0 Å². The molecule has 1 rings (SSSR count). The predicted molar refractivity (Wildman–Crippen MR) is 62.6 cm³/mol. The molecule has 1 aromatic rings. The Morgan fingerprint density at radius 1 is 1.36 bits per heavy atom. The Morgan fingerprint density at radius 3 is 2.21 bits per heavy atom. The van der Waals surface area contributed by atoms with Gasteiger partial charge in [-0.15, -0.1) is 0 Å². The van der Waals surface area contributed by atoms with E-state index in [2.05, 4.69) is 0 Å². The van der Waals surface area contributed by atoms with Gasteiger partial charge in [0.1, 0.15) is 5.84 Å². The summed E-state index contributed by atoms with van der Waals surface area (Å²) in [7, 11) is -1.87. The molecular weight excluding hydrogens is 196 g/mol. The van der Waals surface area contributed by atoms with Crippen molar-refractivity contribution in [3.8, 4) is 0 Å². The van der Waals surface area contributed by atoms with E-state index in [0.717, 1.165) is 5.56 Å². The molecule has 0 fully saturated rings. The molecule has 0 bridgehead atoms. The van der Waals surface area contributed by atoms with E-state index in [0.29, 0.717) is 5.56 Å². The first-order valence-electron chi connectivity index (χ1n) is 4.12. The molecule has 0 saturated carbocycles. The average Bonchev–Trinajstić information content (AvgIpc) is 2.02. The fourth-order valence-electron chi connectivity index (χ4n) is 1.07. The highest BCUT2D eigenvalue weighted by molar-refractivity contribution is 8.00. The summed E-state index contributed by atoms with van der Waals surface area (Å²) >= 11 is 0. The molecular formula is C10H14N2OS. The minimum absolute atomic E-state index is 0.0466. The van der Waals surface area contributed by atoms with Gasteiger partial charge in [-0.1, -0.05) is 24.3 Å². The van der Waals surface area contributed by atoms with Crippen LogP contribution in [0.2, 0.25) is 0 Å². The van der Waals surface area contributed by atoms with E-state index < -0.39 is 9.52 Å². The summed E-state index contributed by atoms with van der Waals surface area (Å²) in [4.78, 5) is 0. The third kappa shape index (κ3) is 3.22. The summed E-state index contributed by atoms with van der Waals surface area (Å²) in [5, 5.41) is 8.92. The Balaban J connectivity index is 3.07. The number of nitrogen functional groups attached to an aromatic ring is 1. The summed E-state index contributed by atoms with van der Waals surface area (Å²) in [6, 6.07) is 7.12. The van der Waals surface area contributed by atoms with Gasteiger partial charge in [0.15, 0.2) is 0 Å². The highest BCUT2D eigenvalue weighted by Crippen LogP contribution is 2.02. The molecule has 0 aliphatic rings. The fraction of sp³-hybridized carbons (Fsp3) is 0.200. The molecule has 0 amide bonds. The average molecular weight is 210 g/mol. The van der Waals surface area contributed by atoms with Gasteiger partial charge < -0.3 is 5.73 Å². The monoisotopic (exact) mass is 210 g/mol. The number of hydrogen-bond acceptors (Lipinski definition) is 2. The molecule has 1 aromatic carbocycles. The van der Waals surface area contributed by atoms with Gasteiger partial charge in [-0.3, -0.25) is 9.62 Å². The van der Waals surface area contributed by atoms with Gasteiger partial charge in [0.2, 0.25) is 0 Å². The molecule has 0 aliphatic carbocycles. The molecule has 4 heteroatoms. The summed E-state index contributed by atoms with van der Waals surface area (Å²) < 4.78 is 11.5. The van der Waals surface area contributed by atoms with Crippen molar-refractivity contribution in [1.82, 2.24) is 0 Å². The van der Waals surface area contributed by atoms with Crippen LogP contribution >= 0.6 is 0 Å². The Kier molecular flexibility index (Phi) is 2.96. The quantitative estimate of drug-likeness (QED) is 0.428. The number of amidine groups is 1. The largest absolute Gasteiger partial charge is 0.384 e. The van der Waals surface area contributed by atoms with Crippen LogP contribution in [0.25, 0.3) is 0 Å². The van der Waals surface area contributed by atoms with Crippen molar-refractivity contribution in [3.05, 3.63) is 35.4 Å². The van der Waals surface area contributed by atoms with E-state index in [4.69, 9.17) is 11.1 Å². The number of nitrogens with two attached hydrogens (primary N) is 1. The number of rotatable bonds is 2. The molecule has 14 heavy (non-hydrogen) atoms. The van der Waals surface area contributed by atoms with Gasteiger partial charge in [-0.05, 0) is 20.5 Å². The summed E-state index contributed by atoms with van der Waals surface area (Å²) in [6.07, 6.45) is 3.37. The van der Waals surface area contributed by atoms with Crippen LogP contribution in [0.4, 0.5) is 0 Å². The van der Waals surface area contributed by atoms with Gasteiger partial charge in [-0.25, -0.2) is 0 Å². The van der Waals surface area contributed by atoms with Crippen molar-refractivity contribution in [2.45, 2.75) is 0 Å². The van der Waals surface area contributed by atoms with Crippen molar-refractivity contribution in [2.24, 2.45) is 5.73 Å². The first kappa shape index (κ1) is 10.8. The second-order valence-electron chi connectivity index (χ2n) is 3.46. The van der Waals surface area contributed by atoms with Gasteiger partial charge >= 0.3 is 0 Å². The highest BCUT2D eigenvalue weighted by Gasteiger charge is 1.96. The lowest BCUT2D eigenvalue weighted by atomic mass is 10.1. The normalized spacial score (nSPS) is 11.0. The van der Waals surface area contributed by atoms with Crippen LogP contribution in [0.15, 0.2) is 24.3 Å². The van der Waals surface area contributed by atoms with E-state index >= 15 is 0 Å². The number of hydrogen-bond donors (Lipinski definition) is 2. The minimum atomic E-state index is -1.87. The summed E-state index contributed by atoms with van der Waals surface area (Å²) in [6.45, 7) is 0. The van der Waals surface area contributed by atoms with Crippen molar-refractivity contribution < 1.29 is 4.21 Å².